The van der Waals surface area contributed by atoms with Crippen molar-refractivity contribution in [3.63, 3.8) is 0 Å². The van der Waals surface area contributed by atoms with Crippen molar-refractivity contribution in [3.05, 3.63) is 41.0 Å². The van der Waals surface area contributed by atoms with Crippen molar-refractivity contribution >= 4 is 17.3 Å². The van der Waals surface area contributed by atoms with Crippen LogP contribution in [0, 0.1) is 5.82 Å². The number of carbonyl (C=O) groups excluding carboxylic acids is 1. The lowest BCUT2D eigenvalue weighted by Gasteiger charge is -2.16. The fraction of sp³-hybridized carbons (Fsp3) is 0.333. The van der Waals surface area contributed by atoms with Crippen molar-refractivity contribution in [1.82, 2.24) is 10.2 Å². The quantitative estimate of drug-likeness (QED) is 0.891. The lowest BCUT2D eigenvalue weighted by Crippen LogP contribution is -2.30. The van der Waals surface area contributed by atoms with Crippen molar-refractivity contribution in [2.75, 3.05) is 17.2 Å². The molecule has 0 aliphatic carbocycles. The Kier molecular flexibility index (Phi) is 3.16. The Labute approximate surface area is 121 Å². The Balaban J connectivity index is 1.97. The normalized spacial score (nSPS) is 13.8. The minimum atomic E-state index is -0.355. The first-order valence-electron chi connectivity index (χ1n) is 6.93. The third-order valence-corrected chi connectivity index (χ3v) is 3.80. The average molecular weight is 288 g/mol. The summed E-state index contributed by atoms with van der Waals surface area (Å²) in [5, 5.41) is 6.86. The highest BCUT2D eigenvalue weighted by Gasteiger charge is 2.29. The van der Waals surface area contributed by atoms with E-state index in [0.29, 0.717) is 24.3 Å². The van der Waals surface area contributed by atoms with Crippen LogP contribution in [-0.4, -0.2) is 22.6 Å². The summed E-state index contributed by atoms with van der Waals surface area (Å²) in [5.41, 5.74) is 8.90. The van der Waals surface area contributed by atoms with E-state index in [-0.39, 0.29) is 23.3 Å². The highest BCUT2D eigenvalue weighted by molar-refractivity contribution is 6.09. The average Bonchev–Trinajstić information content (AvgIpc) is 3.01. The van der Waals surface area contributed by atoms with Crippen LogP contribution in [0.3, 0.4) is 0 Å². The number of rotatable bonds is 2. The molecule has 0 spiro atoms. The van der Waals surface area contributed by atoms with Crippen LogP contribution in [0.2, 0.25) is 0 Å². The summed E-state index contributed by atoms with van der Waals surface area (Å²) in [4.78, 5) is 14.2. The van der Waals surface area contributed by atoms with Gasteiger partial charge in [0.2, 0.25) is 0 Å². The van der Waals surface area contributed by atoms with E-state index in [1.54, 1.807) is 6.07 Å². The molecule has 21 heavy (non-hydrogen) atoms. The van der Waals surface area contributed by atoms with Gasteiger partial charge in [0.1, 0.15) is 5.82 Å². The van der Waals surface area contributed by atoms with Gasteiger partial charge in [-0.2, -0.15) is 5.10 Å². The Morgan fingerprint density at radius 2 is 2.24 bits per heavy atom. The number of fused-ring (bicyclic) bond motifs is 1. The lowest BCUT2D eigenvalue weighted by molar-refractivity contribution is 0.0985. The number of carbonyl (C=O) groups is 1. The number of anilines is 2. The van der Waals surface area contributed by atoms with E-state index in [9.17, 15) is 9.18 Å². The maximum Gasteiger partial charge on any atom is 0.280 e. The van der Waals surface area contributed by atoms with Gasteiger partial charge in [-0.25, -0.2) is 4.39 Å². The van der Waals surface area contributed by atoms with E-state index in [0.717, 1.165) is 11.3 Å². The molecule has 0 saturated carbocycles. The predicted octanol–water partition coefficient (Wildman–Crippen LogP) is 2.46. The molecule has 5 nitrogen and oxygen atoms in total. The van der Waals surface area contributed by atoms with E-state index in [1.807, 2.05) is 13.8 Å². The Hall–Kier alpha value is -2.37. The van der Waals surface area contributed by atoms with Crippen molar-refractivity contribution < 1.29 is 9.18 Å². The van der Waals surface area contributed by atoms with Gasteiger partial charge < -0.3 is 10.6 Å². The second-order valence-electron chi connectivity index (χ2n) is 5.53. The monoisotopic (exact) mass is 288 g/mol. The molecule has 0 bridgehead atoms. The highest BCUT2D eigenvalue weighted by Crippen LogP contribution is 2.31. The molecule has 0 atom stereocenters. The van der Waals surface area contributed by atoms with Gasteiger partial charge >= 0.3 is 0 Å². The third-order valence-electron chi connectivity index (χ3n) is 3.80. The van der Waals surface area contributed by atoms with Gasteiger partial charge in [-0.3, -0.25) is 9.89 Å². The van der Waals surface area contributed by atoms with E-state index in [4.69, 9.17) is 5.73 Å². The molecule has 3 N–H and O–H groups in total. The zero-order valence-corrected chi connectivity index (χ0v) is 12.0. The Bertz CT molecular complexity index is 708. The van der Waals surface area contributed by atoms with Crippen molar-refractivity contribution in [3.8, 4) is 0 Å². The number of nitrogens with two attached hydrogens (primary N) is 1. The van der Waals surface area contributed by atoms with Crippen LogP contribution < -0.4 is 10.6 Å². The molecule has 2 heterocycles. The summed E-state index contributed by atoms with van der Waals surface area (Å²) in [5.74, 6) is -0.492. The number of H-pyrrole nitrogens is 1. The maximum absolute atomic E-state index is 13.4. The van der Waals surface area contributed by atoms with E-state index < -0.39 is 0 Å². The molecule has 1 aliphatic heterocycles. The lowest BCUT2D eigenvalue weighted by atomic mass is 10.1. The molecule has 1 aromatic heterocycles. The summed E-state index contributed by atoms with van der Waals surface area (Å²) in [6.07, 6.45) is 0.711. The number of aromatic nitrogens is 2. The first-order chi connectivity index (χ1) is 9.99. The van der Waals surface area contributed by atoms with Crippen LogP contribution >= 0.6 is 0 Å². The summed E-state index contributed by atoms with van der Waals surface area (Å²) >= 11 is 0. The van der Waals surface area contributed by atoms with Gasteiger partial charge in [0, 0.05) is 6.54 Å². The summed E-state index contributed by atoms with van der Waals surface area (Å²) in [6, 6.07) is 4.50. The van der Waals surface area contributed by atoms with Crippen LogP contribution in [0.5, 0.6) is 0 Å². The SMILES string of the molecule is CC(C)c1[nH]nc(C(=O)N2CCc3ccc(F)cc32)c1N. The van der Waals surface area contributed by atoms with Gasteiger partial charge in [-0.15, -0.1) is 0 Å². The first kappa shape index (κ1) is 13.6. The second-order valence-corrected chi connectivity index (χ2v) is 5.53. The standard InChI is InChI=1S/C15H17FN4O/c1-8(2)13-12(17)14(19-18-13)15(21)20-6-5-9-3-4-10(16)7-11(9)20/h3-4,7-8H,5-6,17H2,1-2H3,(H,18,19). The number of amides is 1. The zero-order chi connectivity index (χ0) is 15.1. The van der Waals surface area contributed by atoms with E-state index >= 15 is 0 Å². The zero-order valence-electron chi connectivity index (χ0n) is 12.0. The third kappa shape index (κ3) is 2.16. The number of hydrogen-bond donors (Lipinski definition) is 2. The molecular formula is C15H17FN4O. The number of nitrogen functional groups attached to an aromatic ring is 1. The van der Waals surface area contributed by atoms with Gasteiger partial charge in [-0.05, 0) is 30.0 Å². The molecule has 0 unspecified atom stereocenters. The highest BCUT2D eigenvalue weighted by atomic mass is 19.1. The molecular weight excluding hydrogens is 271 g/mol. The minimum Gasteiger partial charge on any atom is -0.395 e. The number of benzene rings is 1. The van der Waals surface area contributed by atoms with Crippen molar-refractivity contribution in [2.45, 2.75) is 26.2 Å². The fourth-order valence-corrected chi connectivity index (χ4v) is 2.66. The summed E-state index contributed by atoms with van der Waals surface area (Å²) in [7, 11) is 0. The van der Waals surface area contributed by atoms with Crippen LogP contribution in [0.25, 0.3) is 0 Å². The molecule has 0 radical (unpaired) electrons. The van der Waals surface area contributed by atoms with E-state index in [2.05, 4.69) is 10.2 Å². The Morgan fingerprint density at radius 3 is 2.90 bits per heavy atom. The van der Waals surface area contributed by atoms with Gasteiger partial charge in [0.15, 0.2) is 5.69 Å². The molecule has 1 amide bonds. The number of hydrogen-bond acceptors (Lipinski definition) is 3. The Morgan fingerprint density at radius 1 is 1.48 bits per heavy atom. The fourth-order valence-electron chi connectivity index (χ4n) is 2.66. The molecule has 6 heteroatoms. The van der Waals surface area contributed by atoms with E-state index in [1.165, 1.54) is 17.0 Å². The number of nitrogens with zero attached hydrogens (tertiary/aromatic N) is 2. The molecule has 0 saturated heterocycles. The van der Waals surface area contributed by atoms with Gasteiger partial charge in [0.05, 0.1) is 17.1 Å². The summed E-state index contributed by atoms with van der Waals surface area (Å²) < 4.78 is 13.4. The first-order valence-corrected chi connectivity index (χ1v) is 6.93. The smallest absolute Gasteiger partial charge is 0.280 e. The summed E-state index contributed by atoms with van der Waals surface area (Å²) in [6.45, 7) is 4.46. The minimum absolute atomic E-state index is 0.155. The maximum atomic E-state index is 13.4. The van der Waals surface area contributed by atoms with Crippen molar-refractivity contribution in [1.29, 1.82) is 0 Å². The predicted molar refractivity (Wildman–Crippen MR) is 78.9 cm³/mol. The molecule has 3 rings (SSSR count). The second kappa shape index (κ2) is 4.87. The topological polar surface area (TPSA) is 75.0 Å². The van der Waals surface area contributed by atoms with Crippen LogP contribution in [-0.2, 0) is 6.42 Å². The number of aromatic amines is 1. The molecule has 110 valence electrons. The largest absolute Gasteiger partial charge is 0.395 e. The van der Waals surface area contributed by atoms with Crippen LogP contribution in [0.4, 0.5) is 15.8 Å². The number of nitrogens with one attached hydrogen (secondary N) is 1. The van der Waals surface area contributed by atoms with Crippen molar-refractivity contribution in [2.24, 2.45) is 0 Å². The van der Waals surface area contributed by atoms with Gasteiger partial charge in [0.25, 0.3) is 5.91 Å². The van der Waals surface area contributed by atoms with Gasteiger partial charge in [-0.1, -0.05) is 19.9 Å². The van der Waals surface area contributed by atoms with Crippen LogP contribution in [0.1, 0.15) is 41.5 Å². The molecule has 1 aromatic carbocycles. The molecule has 2 aromatic rings. The molecule has 1 aliphatic rings. The van der Waals surface area contributed by atoms with Crippen LogP contribution in [0.15, 0.2) is 18.2 Å². The number of halogens is 1. The molecule has 0 fully saturated rings.